The average molecular weight is 294 g/mol. The van der Waals surface area contributed by atoms with Crippen molar-refractivity contribution in [3.8, 4) is 5.75 Å². The van der Waals surface area contributed by atoms with Gasteiger partial charge in [0.15, 0.2) is 0 Å². The molecule has 3 heteroatoms. The van der Waals surface area contributed by atoms with Gasteiger partial charge in [-0.2, -0.15) is 0 Å². The zero-order valence-electron chi connectivity index (χ0n) is 12.5. The summed E-state index contributed by atoms with van der Waals surface area (Å²) in [5, 5.41) is 4.52. The number of rotatable bonds is 6. The van der Waals surface area contributed by atoms with E-state index < -0.39 is 0 Å². The first-order valence-corrected chi connectivity index (χ1v) is 8.20. The Morgan fingerprint density at radius 3 is 2.90 bits per heavy atom. The highest BCUT2D eigenvalue weighted by molar-refractivity contribution is 6.30. The van der Waals surface area contributed by atoms with Crippen molar-refractivity contribution in [1.29, 1.82) is 0 Å². The minimum absolute atomic E-state index is 0.416. The standard InChI is InChI=1S/C17H24ClNO/c1-3-7-19-12(2)17(5-6-17)11-14-10-15(18)9-13-4-8-20-16(13)14/h9-10,12,19H,3-8,11H2,1-2H3. The summed E-state index contributed by atoms with van der Waals surface area (Å²) in [6, 6.07) is 4.74. The third kappa shape index (κ3) is 2.68. The largest absolute Gasteiger partial charge is 0.493 e. The number of fused-ring (bicyclic) bond motifs is 1. The van der Waals surface area contributed by atoms with E-state index in [0.29, 0.717) is 11.5 Å². The van der Waals surface area contributed by atoms with Crippen LogP contribution in [0.3, 0.4) is 0 Å². The molecule has 1 aromatic rings. The number of halogens is 1. The van der Waals surface area contributed by atoms with Crippen LogP contribution in [0.25, 0.3) is 0 Å². The van der Waals surface area contributed by atoms with Gasteiger partial charge in [-0.05, 0) is 67.8 Å². The highest BCUT2D eigenvalue weighted by Gasteiger charge is 2.47. The lowest BCUT2D eigenvalue weighted by Gasteiger charge is -2.25. The maximum absolute atomic E-state index is 6.27. The van der Waals surface area contributed by atoms with Crippen LogP contribution in [-0.2, 0) is 12.8 Å². The molecule has 1 unspecified atom stereocenters. The van der Waals surface area contributed by atoms with Crippen LogP contribution < -0.4 is 10.1 Å². The Balaban J connectivity index is 1.78. The normalized spacial score (nSPS) is 20.4. The number of benzene rings is 1. The Bertz CT molecular complexity index is 496. The first-order valence-electron chi connectivity index (χ1n) is 7.82. The van der Waals surface area contributed by atoms with Gasteiger partial charge in [0.05, 0.1) is 6.61 Å². The first kappa shape index (κ1) is 14.2. The number of hydrogen-bond donors (Lipinski definition) is 1. The molecule has 0 radical (unpaired) electrons. The van der Waals surface area contributed by atoms with Crippen molar-refractivity contribution in [2.24, 2.45) is 5.41 Å². The van der Waals surface area contributed by atoms with Crippen molar-refractivity contribution in [2.45, 2.75) is 52.0 Å². The molecule has 0 amide bonds. The predicted molar refractivity (Wildman–Crippen MR) is 83.8 cm³/mol. The van der Waals surface area contributed by atoms with E-state index >= 15 is 0 Å². The molecule has 3 rings (SSSR count). The average Bonchev–Trinajstić information content (AvgIpc) is 3.05. The van der Waals surface area contributed by atoms with E-state index in [9.17, 15) is 0 Å². The molecule has 1 fully saturated rings. The second kappa shape index (κ2) is 5.57. The summed E-state index contributed by atoms with van der Waals surface area (Å²) in [7, 11) is 0. The summed E-state index contributed by atoms with van der Waals surface area (Å²) in [5.41, 5.74) is 3.02. The zero-order chi connectivity index (χ0) is 14.2. The van der Waals surface area contributed by atoms with Crippen LogP contribution in [0.4, 0.5) is 0 Å². The van der Waals surface area contributed by atoms with Gasteiger partial charge in [-0.25, -0.2) is 0 Å². The van der Waals surface area contributed by atoms with Gasteiger partial charge in [-0.15, -0.1) is 0 Å². The lowest BCUT2D eigenvalue weighted by Crippen LogP contribution is -2.36. The Morgan fingerprint density at radius 2 is 2.20 bits per heavy atom. The monoisotopic (exact) mass is 293 g/mol. The van der Waals surface area contributed by atoms with Crippen LogP contribution >= 0.6 is 11.6 Å². The highest BCUT2D eigenvalue weighted by Crippen LogP contribution is 2.53. The van der Waals surface area contributed by atoms with Crippen LogP contribution in [0.15, 0.2) is 12.1 Å². The summed E-state index contributed by atoms with van der Waals surface area (Å²) in [5.74, 6) is 1.11. The Hall–Kier alpha value is -0.730. The number of hydrogen-bond acceptors (Lipinski definition) is 2. The van der Waals surface area contributed by atoms with E-state index in [-0.39, 0.29) is 0 Å². The lowest BCUT2D eigenvalue weighted by molar-refractivity contribution is 0.330. The molecule has 1 atom stereocenters. The fourth-order valence-electron chi connectivity index (χ4n) is 3.36. The second-order valence-electron chi connectivity index (χ2n) is 6.37. The molecule has 1 aliphatic carbocycles. The van der Waals surface area contributed by atoms with Gasteiger partial charge in [0.25, 0.3) is 0 Å². The summed E-state index contributed by atoms with van der Waals surface area (Å²) >= 11 is 6.27. The summed E-state index contributed by atoms with van der Waals surface area (Å²) in [4.78, 5) is 0. The van der Waals surface area contributed by atoms with E-state index in [0.717, 1.165) is 36.8 Å². The summed E-state index contributed by atoms with van der Waals surface area (Å²) in [6.45, 7) is 6.46. The lowest BCUT2D eigenvalue weighted by atomic mass is 9.88. The molecule has 1 aliphatic heterocycles. The van der Waals surface area contributed by atoms with E-state index in [1.54, 1.807) is 0 Å². The van der Waals surface area contributed by atoms with E-state index in [1.165, 1.54) is 30.4 Å². The van der Waals surface area contributed by atoms with Crippen molar-refractivity contribution in [1.82, 2.24) is 5.32 Å². The molecule has 1 heterocycles. The molecule has 1 aromatic carbocycles. The molecule has 0 aromatic heterocycles. The minimum atomic E-state index is 0.416. The molecular weight excluding hydrogens is 270 g/mol. The fraction of sp³-hybridized carbons (Fsp3) is 0.647. The Morgan fingerprint density at radius 1 is 1.40 bits per heavy atom. The van der Waals surface area contributed by atoms with Crippen LogP contribution in [-0.4, -0.2) is 19.2 Å². The van der Waals surface area contributed by atoms with Gasteiger partial charge in [0.1, 0.15) is 5.75 Å². The highest BCUT2D eigenvalue weighted by atomic mass is 35.5. The molecule has 20 heavy (non-hydrogen) atoms. The van der Waals surface area contributed by atoms with Crippen molar-refractivity contribution in [3.63, 3.8) is 0 Å². The second-order valence-corrected chi connectivity index (χ2v) is 6.80. The molecular formula is C17H24ClNO. The van der Waals surface area contributed by atoms with E-state index in [1.807, 2.05) is 0 Å². The van der Waals surface area contributed by atoms with E-state index in [4.69, 9.17) is 16.3 Å². The van der Waals surface area contributed by atoms with Crippen LogP contribution in [0.2, 0.25) is 5.02 Å². The van der Waals surface area contributed by atoms with Crippen LogP contribution in [0, 0.1) is 5.41 Å². The SMILES string of the molecule is CCCNC(C)C1(Cc2cc(Cl)cc3c2OCC3)CC1. The molecule has 1 N–H and O–H groups in total. The topological polar surface area (TPSA) is 21.3 Å². The molecule has 0 bridgehead atoms. The van der Waals surface area contributed by atoms with Gasteiger partial charge in [-0.3, -0.25) is 0 Å². The summed E-state index contributed by atoms with van der Waals surface area (Å²) in [6.07, 6.45) is 5.90. The third-order valence-electron chi connectivity index (χ3n) is 4.88. The maximum Gasteiger partial charge on any atom is 0.125 e. The molecule has 1 saturated carbocycles. The van der Waals surface area contributed by atoms with Gasteiger partial charge in [0, 0.05) is 17.5 Å². The Kier molecular flexibility index (Phi) is 3.96. The number of ether oxygens (including phenoxy) is 1. The van der Waals surface area contributed by atoms with Gasteiger partial charge < -0.3 is 10.1 Å². The van der Waals surface area contributed by atoms with E-state index in [2.05, 4.69) is 31.3 Å². The zero-order valence-corrected chi connectivity index (χ0v) is 13.2. The van der Waals surface area contributed by atoms with Crippen molar-refractivity contribution < 1.29 is 4.74 Å². The van der Waals surface area contributed by atoms with Gasteiger partial charge in [-0.1, -0.05) is 18.5 Å². The number of nitrogens with one attached hydrogen (secondary N) is 1. The fourth-order valence-corrected chi connectivity index (χ4v) is 3.62. The van der Waals surface area contributed by atoms with Gasteiger partial charge >= 0.3 is 0 Å². The molecule has 0 spiro atoms. The molecule has 110 valence electrons. The maximum atomic E-state index is 6.27. The summed E-state index contributed by atoms with van der Waals surface area (Å²) < 4.78 is 5.84. The smallest absolute Gasteiger partial charge is 0.125 e. The third-order valence-corrected chi connectivity index (χ3v) is 5.10. The van der Waals surface area contributed by atoms with Crippen molar-refractivity contribution >= 4 is 11.6 Å². The van der Waals surface area contributed by atoms with Gasteiger partial charge in [0.2, 0.25) is 0 Å². The molecule has 2 nitrogen and oxygen atoms in total. The predicted octanol–water partition coefficient (Wildman–Crippen LogP) is 3.99. The Labute approximate surface area is 126 Å². The van der Waals surface area contributed by atoms with Crippen molar-refractivity contribution in [3.05, 3.63) is 28.3 Å². The molecule has 0 saturated heterocycles. The first-order chi connectivity index (χ1) is 9.64. The quantitative estimate of drug-likeness (QED) is 0.856. The van der Waals surface area contributed by atoms with Crippen LogP contribution in [0.1, 0.15) is 44.2 Å². The van der Waals surface area contributed by atoms with Crippen molar-refractivity contribution in [2.75, 3.05) is 13.2 Å². The minimum Gasteiger partial charge on any atom is -0.493 e. The molecule has 2 aliphatic rings. The van der Waals surface area contributed by atoms with Crippen LogP contribution in [0.5, 0.6) is 5.75 Å².